The van der Waals surface area contributed by atoms with E-state index in [2.05, 4.69) is 36.2 Å². The molecule has 4 heteroatoms. The first-order valence-electron chi connectivity index (χ1n) is 5.91. The molecule has 0 fully saturated rings. The highest BCUT2D eigenvalue weighted by Gasteiger charge is 2.11. The number of ketones is 1. The summed E-state index contributed by atoms with van der Waals surface area (Å²) in [6.45, 7) is 3.70. The zero-order valence-electron chi connectivity index (χ0n) is 10.8. The van der Waals surface area contributed by atoms with Crippen LogP contribution >= 0.6 is 11.3 Å². The third kappa shape index (κ3) is 2.59. The molecule has 3 nitrogen and oxygen atoms in total. The van der Waals surface area contributed by atoms with E-state index in [0.29, 0.717) is 4.88 Å². The minimum Gasteiger partial charge on any atom is -0.321 e. The highest BCUT2D eigenvalue weighted by atomic mass is 32.1. The number of hydrogen-bond donors (Lipinski definition) is 0. The summed E-state index contributed by atoms with van der Waals surface area (Å²) in [7, 11) is 1.96. The summed E-state index contributed by atoms with van der Waals surface area (Å²) in [5, 5.41) is 0.837. The highest BCUT2D eigenvalue weighted by molar-refractivity contribution is 7.17. The molecule has 0 unspecified atom stereocenters. The molecule has 0 saturated heterocycles. The summed E-state index contributed by atoms with van der Waals surface area (Å²) in [5.74, 6) is 0.0634. The first-order chi connectivity index (χ1) is 8.61. The average molecular weight is 260 g/mol. The minimum atomic E-state index is 0.0634. The fourth-order valence-corrected chi connectivity index (χ4v) is 2.44. The van der Waals surface area contributed by atoms with Gasteiger partial charge in [-0.2, -0.15) is 0 Å². The number of nitrogens with zero attached hydrogens (tertiary/aromatic N) is 2. The van der Waals surface area contributed by atoms with Gasteiger partial charge in [-0.05, 0) is 24.1 Å². The van der Waals surface area contributed by atoms with Gasteiger partial charge in [0.15, 0.2) is 10.9 Å². The van der Waals surface area contributed by atoms with Crippen molar-refractivity contribution < 1.29 is 4.79 Å². The second kappa shape index (κ2) is 5.31. The summed E-state index contributed by atoms with van der Waals surface area (Å²) >= 11 is 1.42. The van der Waals surface area contributed by atoms with Gasteiger partial charge < -0.3 is 4.90 Å². The monoisotopic (exact) mass is 260 g/mol. The second-order valence-corrected chi connectivity index (χ2v) is 5.15. The maximum atomic E-state index is 11.3. The second-order valence-electron chi connectivity index (χ2n) is 4.14. The summed E-state index contributed by atoms with van der Waals surface area (Å²) < 4.78 is 0. The molecule has 0 N–H and O–H groups in total. The van der Waals surface area contributed by atoms with Crippen LogP contribution in [0.4, 0.5) is 10.8 Å². The molecule has 1 heterocycles. The highest BCUT2D eigenvalue weighted by Crippen LogP contribution is 2.28. The Kier molecular flexibility index (Phi) is 3.77. The van der Waals surface area contributed by atoms with Crippen LogP contribution in [0.25, 0.3) is 0 Å². The molecule has 0 aliphatic heterocycles. The van der Waals surface area contributed by atoms with Gasteiger partial charge in [0.25, 0.3) is 0 Å². The van der Waals surface area contributed by atoms with Crippen molar-refractivity contribution in [1.82, 2.24) is 4.98 Å². The van der Waals surface area contributed by atoms with Crippen LogP contribution in [0.2, 0.25) is 0 Å². The van der Waals surface area contributed by atoms with Gasteiger partial charge in [0, 0.05) is 19.7 Å². The van der Waals surface area contributed by atoms with Crippen molar-refractivity contribution in [1.29, 1.82) is 0 Å². The van der Waals surface area contributed by atoms with E-state index >= 15 is 0 Å². The number of rotatable bonds is 4. The topological polar surface area (TPSA) is 33.2 Å². The lowest BCUT2D eigenvalue weighted by Crippen LogP contribution is -2.08. The van der Waals surface area contributed by atoms with Gasteiger partial charge in [-0.25, -0.2) is 4.98 Å². The number of anilines is 2. The zero-order chi connectivity index (χ0) is 13.1. The summed E-state index contributed by atoms with van der Waals surface area (Å²) in [5.41, 5.74) is 2.40. The number of aryl methyl sites for hydroxylation is 1. The van der Waals surface area contributed by atoms with Crippen LogP contribution in [-0.4, -0.2) is 17.8 Å². The van der Waals surface area contributed by atoms with Gasteiger partial charge in [-0.3, -0.25) is 4.79 Å². The van der Waals surface area contributed by atoms with E-state index in [9.17, 15) is 4.79 Å². The van der Waals surface area contributed by atoms with Gasteiger partial charge in [0.05, 0.1) is 11.1 Å². The van der Waals surface area contributed by atoms with E-state index in [0.717, 1.165) is 17.2 Å². The number of thiazole rings is 1. The van der Waals surface area contributed by atoms with Gasteiger partial charge in [-0.15, -0.1) is 0 Å². The molecule has 2 aromatic rings. The lowest BCUT2D eigenvalue weighted by atomic mass is 10.1. The van der Waals surface area contributed by atoms with Crippen molar-refractivity contribution >= 4 is 27.9 Å². The molecular formula is C14H16N2OS. The normalized spacial score (nSPS) is 10.4. The zero-order valence-corrected chi connectivity index (χ0v) is 11.6. The Morgan fingerprint density at radius 2 is 2.00 bits per heavy atom. The van der Waals surface area contributed by atoms with E-state index in [1.54, 1.807) is 13.1 Å². The molecule has 0 atom stereocenters. The Balaban J connectivity index is 2.23. The number of carbonyl (C=O) groups is 1. The average Bonchev–Trinajstić information content (AvgIpc) is 2.88. The Morgan fingerprint density at radius 1 is 1.33 bits per heavy atom. The predicted molar refractivity (Wildman–Crippen MR) is 76.0 cm³/mol. The van der Waals surface area contributed by atoms with Crippen LogP contribution in [0.5, 0.6) is 0 Å². The van der Waals surface area contributed by atoms with E-state index in [4.69, 9.17) is 0 Å². The maximum Gasteiger partial charge on any atom is 0.190 e. The molecule has 2 rings (SSSR count). The summed E-state index contributed by atoms with van der Waals surface area (Å²) in [6, 6.07) is 8.39. The van der Waals surface area contributed by atoms with Gasteiger partial charge in [-0.1, -0.05) is 30.4 Å². The Hall–Kier alpha value is -1.68. The molecule has 0 radical (unpaired) electrons. The number of benzene rings is 1. The van der Waals surface area contributed by atoms with Crippen LogP contribution < -0.4 is 4.90 Å². The fourth-order valence-electron chi connectivity index (χ4n) is 1.65. The van der Waals surface area contributed by atoms with Crippen molar-refractivity contribution in [2.75, 3.05) is 11.9 Å². The molecule has 0 bridgehead atoms. The van der Waals surface area contributed by atoms with Crippen molar-refractivity contribution in [2.24, 2.45) is 0 Å². The van der Waals surface area contributed by atoms with Crippen molar-refractivity contribution in [3.05, 3.63) is 40.9 Å². The van der Waals surface area contributed by atoms with E-state index in [1.165, 1.54) is 16.9 Å². The molecule has 0 saturated carbocycles. The quantitative estimate of drug-likeness (QED) is 0.786. The SMILES string of the molecule is CCc1ccc(N(C)c2ncc(C(C)=O)s2)cc1. The number of Topliss-reactive ketones (excluding diaryl/α,β-unsaturated/α-hetero) is 1. The smallest absolute Gasteiger partial charge is 0.190 e. The molecule has 0 aliphatic carbocycles. The third-order valence-electron chi connectivity index (χ3n) is 2.86. The van der Waals surface area contributed by atoms with E-state index < -0.39 is 0 Å². The summed E-state index contributed by atoms with van der Waals surface area (Å²) in [6.07, 6.45) is 2.68. The Morgan fingerprint density at radius 3 is 2.50 bits per heavy atom. The van der Waals surface area contributed by atoms with Gasteiger partial charge in [0.1, 0.15) is 0 Å². The van der Waals surface area contributed by atoms with Crippen LogP contribution in [0.1, 0.15) is 29.1 Å². The molecule has 0 spiro atoms. The lowest BCUT2D eigenvalue weighted by Gasteiger charge is -2.15. The molecule has 1 aromatic carbocycles. The number of carbonyl (C=O) groups excluding carboxylic acids is 1. The lowest BCUT2D eigenvalue weighted by molar-refractivity contribution is 0.102. The van der Waals surface area contributed by atoms with Crippen molar-refractivity contribution in [2.45, 2.75) is 20.3 Å². The molecule has 94 valence electrons. The largest absolute Gasteiger partial charge is 0.321 e. The molecule has 1 aromatic heterocycles. The maximum absolute atomic E-state index is 11.3. The van der Waals surface area contributed by atoms with Crippen LogP contribution in [0, 0.1) is 0 Å². The third-order valence-corrected chi connectivity index (χ3v) is 4.03. The molecule has 18 heavy (non-hydrogen) atoms. The van der Waals surface area contributed by atoms with Gasteiger partial charge >= 0.3 is 0 Å². The summed E-state index contributed by atoms with van der Waals surface area (Å²) in [4.78, 5) is 18.2. The molecular weight excluding hydrogens is 244 g/mol. The fraction of sp³-hybridized carbons (Fsp3) is 0.286. The van der Waals surface area contributed by atoms with E-state index in [1.807, 2.05) is 11.9 Å². The number of aromatic nitrogens is 1. The first-order valence-corrected chi connectivity index (χ1v) is 6.73. The van der Waals surface area contributed by atoms with Crippen molar-refractivity contribution in [3.8, 4) is 0 Å². The standard InChI is InChI=1S/C14H16N2OS/c1-4-11-5-7-12(8-6-11)16(3)14-15-9-13(18-14)10(2)17/h5-9H,4H2,1-3H3. The first kappa shape index (κ1) is 12.8. The Bertz CT molecular complexity index is 545. The Labute approximate surface area is 111 Å². The van der Waals surface area contributed by atoms with Crippen LogP contribution in [-0.2, 0) is 6.42 Å². The minimum absolute atomic E-state index is 0.0634. The molecule has 0 aliphatic rings. The van der Waals surface area contributed by atoms with E-state index in [-0.39, 0.29) is 5.78 Å². The van der Waals surface area contributed by atoms with Crippen molar-refractivity contribution in [3.63, 3.8) is 0 Å². The van der Waals surface area contributed by atoms with Crippen LogP contribution in [0.15, 0.2) is 30.5 Å². The van der Waals surface area contributed by atoms with Crippen LogP contribution in [0.3, 0.4) is 0 Å². The predicted octanol–water partition coefficient (Wildman–Crippen LogP) is 3.68. The van der Waals surface area contributed by atoms with Gasteiger partial charge in [0.2, 0.25) is 0 Å². The number of hydrogen-bond acceptors (Lipinski definition) is 4. The molecule has 0 amide bonds.